The van der Waals surface area contributed by atoms with Crippen molar-refractivity contribution in [1.29, 1.82) is 0 Å². The van der Waals surface area contributed by atoms with Crippen molar-refractivity contribution in [2.45, 2.75) is 6.92 Å². The van der Waals surface area contributed by atoms with Gasteiger partial charge in [-0.15, -0.1) is 0 Å². The largest absolute Gasteiger partial charge is 0.495 e. The maximum Gasteiger partial charge on any atom is 0.250 e. The van der Waals surface area contributed by atoms with E-state index in [9.17, 15) is 4.79 Å². The van der Waals surface area contributed by atoms with E-state index in [-0.39, 0.29) is 5.91 Å². The highest BCUT2D eigenvalue weighted by atomic mass is 79.9. The van der Waals surface area contributed by atoms with Crippen LogP contribution in [0.3, 0.4) is 0 Å². The number of anilines is 1. The standard InChI is InChI=1S/C18H13Br2ClN2O2S/c1-9-5-15-14(8-13(9)21)22-18(26-15)23-16(24)4-3-10-6-11(19)7-12(20)17(10)25-2/h3-8H,1-2H3,(H,22,23,24)/b4-3+. The fourth-order valence-corrected chi connectivity index (χ4v) is 4.86. The molecule has 0 atom stereocenters. The van der Waals surface area contributed by atoms with Gasteiger partial charge < -0.3 is 4.74 Å². The number of nitrogens with one attached hydrogen (secondary N) is 1. The van der Waals surface area contributed by atoms with E-state index in [1.807, 2.05) is 25.1 Å². The Labute approximate surface area is 176 Å². The molecule has 1 N–H and O–H groups in total. The minimum absolute atomic E-state index is 0.273. The Morgan fingerprint density at radius 3 is 2.81 bits per heavy atom. The van der Waals surface area contributed by atoms with Crippen LogP contribution in [-0.4, -0.2) is 18.0 Å². The lowest BCUT2D eigenvalue weighted by atomic mass is 10.2. The smallest absolute Gasteiger partial charge is 0.250 e. The molecule has 0 spiro atoms. The van der Waals surface area contributed by atoms with Gasteiger partial charge in [-0.25, -0.2) is 4.98 Å². The van der Waals surface area contributed by atoms with Crippen molar-refractivity contribution >= 4 is 82.1 Å². The van der Waals surface area contributed by atoms with E-state index in [1.54, 1.807) is 19.3 Å². The highest BCUT2D eigenvalue weighted by Crippen LogP contribution is 2.34. The zero-order valence-corrected chi connectivity index (χ0v) is 18.5. The van der Waals surface area contributed by atoms with E-state index in [1.165, 1.54) is 17.4 Å². The van der Waals surface area contributed by atoms with Crippen LogP contribution in [0.25, 0.3) is 16.3 Å². The number of hydrogen-bond acceptors (Lipinski definition) is 4. The molecular weight excluding hydrogens is 504 g/mol. The number of carbonyl (C=O) groups excluding carboxylic acids is 1. The quantitative estimate of drug-likeness (QED) is 0.406. The number of rotatable bonds is 4. The molecule has 0 bridgehead atoms. The number of ether oxygens (including phenoxy) is 1. The Morgan fingerprint density at radius 2 is 2.08 bits per heavy atom. The van der Waals surface area contributed by atoms with Crippen molar-refractivity contribution in [2.24, 2.45) is 0 Å². The average molecular weight is 517 g/mol. The molecule has 0 saturated carbocycles. The van der Waals surface area contributed by atoms with Crippen molar-refractivity contribution < 1.29 is 9.53 Å². The first-order valence-electron chi connectivity index (χ1n) is 7.46. The predicted octanol–water partition coefficient (Wildman–Crippen LogP) is 6.44. The van der Waals surface area contributed by atoms with Crippen molar-refractivity contribution in [3.8, 4) is 5.75 Å². The third-order valence-corrected chi connectivity index (χ3v) is 5.94. The summed E-state index contributed by atoms with van der Waals surface area (Å²) in [5, 5.41) is 3.97. The molecule has 3 rings (SSSR count). The van der Waals surface area contributed by atoms with Crippen LogP contribution in [-0.2, 0) is 4.79 Å². The molecular formula is C18H13Br2ClN2O2S. The number of fused-ring (bicyclic) bond motifs is 1. The maximum absolute atomic E-state index is 12.2. The van der Waals surface area contributed by atoms with Crippen LogP contribution < -0.4 is 10.1 Å². The molecule has 3 aromatic rings. The van der Waals surface area contributed by atoms with Crippen LogP contribution in [0.4, 0.5) is 5.13 Å². The summed E-state index contributed by atoms with van der Waals surface area (Å²) < 4.78 is 8.02. The number of aromatic nitrogens is 1. The number of hydrogen-bond donors (Lipinski definition) is 1. The summed E-state index contributed by atoms with van der Waals surface area (Å²) in [4.78, 5) is 16.6. The lowest BCUT2D eigenvalue weighted by molar-refractivity contribution is -0.111. The average Bonchev–Trinajstić information content (AvgIpc) is 2.93. The van der Waals surface area contributed by atoms with E-state index in [0.29, 0.717) is 15.9 Å². The number of nitrogens with zero attached hydrogens (tertiary/aromatic N) is 1. The number of carbonyl (C=O) groups is 1. The summed E-state index contributed by atoms with van der Waals surface area (Å²) in [5.41, 5.74) is 2.52. The molecule has 0 aliphatic rings. The van der Waals surface area contributed by atoms with E-state index < -0.39 is 0 Å². The molecule has 2 aromatic carbocycles. The van der Waals surface area contributed by atoms with Gasteiger partial charge in [0.1, 0.15) is 5.75 Å². The second-order valence-electron chi connectivity index (χ2n) is 5.42. The molecule has 0 radical (unpaired) electrons. The SMILES string of the molecule is COc1c(Br)cc(Br)cc1/C=C/C(=O)Nc1nc2cc(Cl)c(C)cc2s1. The molecule has 26 heavy (non-hydrogen) atoms. The van der Waals surface area contributed by atoms with Crippen molar-refractivity contribution in [1.82, 2.24) is 4.98 Å². The Hall–Kier alpha value is -1.41. The number of amides is 1. The van der Waals surface area contributed by atoms with Crippen molar-refractivity contribution in [3.63, 3.8) is 0 Å². The first-order chi connectivity index (χ1) is 12.4. The van der Waals surface area contributed by atoms with Gasteiger partial charge in [0.2, 0.25) is 5.91 Å². The zero-order valence-electron chi connectivity index (χ0n) is 13.8. The molecule has 0 fully saturated rings. The Bertz CT molecular complexity index is 995. The summed E-state index contributed by atoms with van der Waals surface area (Å²) in [6.07, 6.45) is 3.14. The van der Waals surface area contributed by atoms with Crippen LogP contribution in [0.2, 0.25) is 5.02 Å². The number of thiazole rings is 1. The fourth-order valence-electron chi connectivity index (χ4n) is 2.34. The maximum atomic E-state index is 12.2. The van der Waals surface area contributed by atoms with Crippen LogP contribution in [0.5, 0.6) is 5.75 Å². The highest BCUT2D eigenvalue weighted by molar-refractivity contribution is 9.11. The molecule has 0 saturated heterocycles. The van der Waals surface area contributed by atoms with E-state index in [4.69, 9.17) is 16.3 Å². The molecule has 134 valence electrons. The van der Waals surface area contributed by atoms with Gasteiger partial charge in [0, 0.05) is 21.1 Å². The summed E-state index contributed by atoms with van der Waals surface area (Å²) in [5.74, 6) is 0.382. The molecule has 1 amide bonds. The zero-order chi connectivity index (χ0) is 18.8. The van der Waals surface area contributed by atoms with E-state index in [0.717, 1.165) is 30.3 Å². The second kappa shape index (κ2) is 8.08. The van der Waals surface area contributed by atoms with Gasteiger partial charge in [-0.1, -0.05) is 38.9 Å². The highest BCUT2D eigenvalue weighted by Gasteiger charge is 2.10. The van der Waals surface area contributed by atoms with Crippen molar-refractivity contribution in [3.05, 3.63) is 55.4 Å². The molecule has 4 nitrogen and oxygen atoms in total. The van der Waals surface area contributed by atoms with Crippen LogP contribution in [0.15, 0.2) is 39.3 Å². The summed E-state index contributed by atoms with van der Waals surface area (Å²) in [7, 11) is 1.58. The summed E-state index contributed by atoms with van der Waals surface area (Å²) in [6.45, 7) is 1.94. The normalized spacial score (nSPS) is 11.3. The Kier molecular flexibility index (Phi) is 6.02. The number of methoxy groups -OCH3 is 1. The minimum Gasteiger partial charge on any atom is -0.495 e. The number of benzene rings is 2. The minimum atomic E-state index is -0.273. The van der Waals surface area contributed by atoms with Gasteiger partial charge in [0.05, 0.1) is 21.8 Å². The first kappa shape index (κ1) is 19.4. The molecule has 8 heteroatoms. The van der Waals surface area contributed by atoms with Gasteiger partial charge >= 0.3 is 0 Å². The third-order valence-electron chi connectivity index (χ3n) is 3.55. The van der Waals surface area contributed by atoms with Crippen LogP contribution >= 0.6 is 54.8 Å². The molecule has 1 heterocycles. The third kappa shape index (κ3) is 4.28. The Balaban J connectivity index is 1.80. The molecule has 0 aliphatic heterocycles. The van der Waals surface area contributed by atoms with Gasteiger partial charge in [-0.3, -0.25) is 10.1 Å². The first-order valence-corrected chi connectivity index (χ1v) is 10.2. The van der Waals surface area contributed by atoms with E-state index >= 15 is 0 Å². The van der Waals surface area contributed by atoms with Crippen LogP contribution in [0.1, 0.15) is 11.1 Å². The summed E-state index contributed by atoms with van der Waals surface area (Å²) >= 11 is 14.4. The van der Waals surface area contributed by atoms with Gasteiger partial charge in [0.15, 0.2) is 5.13 Å². The fraction of sp³-hybridized carbons (Fsp3) is 0.111. The van der Waals surface area contributed by atoms with Gasteiger partial charge in [0.25, 0.3) is 0 Å². The monoisotopic (exact) mass is 514 g/mol. The Morgan fingerprint density at radius 1 is 1.31 bits per heavy atom. The van der Waals surface area contributed by atoms with E-state index in [2.05, 4.69) is 42.2 Å². The number of aryl methyl sites for hydroxylation is 1. The lowest BCUT2D eigenvalue weighted by Gasteiger charge is -2.08. The number of halogens is 3. The van der Waals surface area contributed by atoms with Crippen LogP contribution in [0, 0.1) is 6.92 Å². The molecule has 0 aliphatic carbocycles. The van der Waals surface area contributed by atoms with Gasteiger partial charge in [-0.05, 0) is 58.8 Å². The van der Waals surface area contributed by atoms with Gasteiger partial charge in [-0.2, -0.15) is 0 Å². The second-order valence-corrected chi connectivity index (χ2v) is 8.63. The molecule has 1 aromatic heterocycles. The predicted molar refractivity (Wildman–Crippen MR) is 115 cm³/mol. The van der Waals surface area contributed by atoms with Crippen molar-refractivity contribution in [2.75, 3.05) is 12.4 Å². The summed E-state index contributed by atoms with van der Waals surface area (Å²) in [6, 6.07) is 7.52. The lowest BCUT2D eigenvalue weighted by Crippen LogP contribution is -2.07. The molecule has 0 unspecified atom stereocenters. The topological polar surface area (TPSA) is 51.2 Å².